The summed E-state index contributed by atoms with van der Waals surface area (Å²) in [6, 6.07) is 34.3. The summed E-state index contributed by atoms with van der Waals surface area (Å²) in [6.45, 7) is 6.50. The number of oxime groups is 1. The third kappa shape index (κ3) is 21.2. The lowest BCUT2D eigenvalue weighted by Crippen LogP contribution is -2.56. The van der Waals surface area contributed by atoms with E-state index in [0.29, 0.717) is 83.8 Å². The molecule has 12 nitrogen and oxygen atoms in total. The molecule has 86 heavy (non-hydrogen) atoms. The Morgan fingerprint density at radius 1 is 0.628 bits per heavy atom. The van der Waals surface area contributed by atoms with Gasteiger partial charge in [-0.1, -0.05) is 102 Å². The molecule has 0 amide bonds. The molecular weight excluding hydrogens is 1260 g/mol. The molecule has 1 unspecified atom stereocenters. The largest absolute Gasteiger partial charge is 0.396 e. The minimum absolute atomic E-state index is 0. The fourth-order valence-corrected chi connectivity index (χ4v) is 10.4. The second kappa shape index (κ2) is 37.4. The lowest BCUT2D eigenvalue weighted by atomic mass is 9.75. The van der Waals surface area contributed by atoms with E-state index in [4.69, 9.17) is 63.1 Å². The number of nitrogens with two attached hydrogens (primary N) is 1. The zero-order valence-electron chi connectivity index (χ0n) is 47.5. The van der Waals surface area contributed by atoms with Crippen LogP contribution in [0.1, 0.15) is 54.0 Å². The lowest BCUT2D eigenvalue weighted by Gasteiger charge is -2.43. The normalized spacial score (nSPS) is 22.7. The van der Waals surface area contributed by atoms with E-state index in [0.717, 1.165) is 35.4 Å². The second-order valence-electron chi connectivity index (χ2n) is 19.9. The van der Waals surface area contributed by atoms with Crippen LogP contribution in [0.4, 0.5) is 17.6 Å². The van der Waals surface area contributed by atoms with Crippen molar-refractivity contribution in [1.82, 2.24) is 5.48 Å². The van der Waals surface area contributed by atoms with Crippen LogP contribution >= 0.6 is 41.8 Å². The Balaban J connectivity index is 0.000000215. The number of aliphatic hydroxyl groups is 1. The topological polar surface area (TPSA) is 144 Å². The highest BCUT2D eigenvalue weighted by atomic mass is 79.9. The molecule has 5 aliphatic heterocycles. The van der Waals surface area contributed by atoms with Gasteiger partial charge in [-0.05, 0) is 134 Å². The highest BCUT2D eigenvalue weighted by Crippen LogP contribution is 2.44. The van der Waals surface area contributed by atoms with Crippen LogP contribution in [0, 0.1) is 114 Å². The van der Waals surface area contributed by atoms with Gasteiger partial charge in [0, 0.05) is 47.6 Å². The number of nitrogens with zero attached hydrogens (tertiary/aromatic N) is 1. The molecule has 0 saturated carbocycles. The number of hydroxylamine groups is 1. The maximum Gasteiger partial charge on any atom is 0.140 e. The van der Waals surface area contributed by atoms with E-state index < -0.39 is 40.3 Å². The van der Waals surface area contributed by atoms with Gasteiger partial charge in [0.05, 0.1) is 110 Å². The highest BCUT2D eigenvalue weighted by Gasteiger charge is 2.52. The Bertz CT molecular complexity index is 3240. The Morgan fingerprint density at radius 2 is 1.10 bits per heavy atom. The summed E-state index contributed by atoms with van der Waals surface area (Å²) in [4.78, 5) is 10.5. The number of fused-ring (bicyclic) bond motifs is 2. The molecule has 10 rings (SSSR count). The molecule has 4 saturated heterocycles. The van der Waals surface area contributed by atoms with Crippen molar-refractivity contribution in [3.63, 3.8) is 0 Å². The van der Waals surface area contributed by atoms with Crippen molar-refractivity contribution in [3.8, 4) is 72.6 Å². The van der Waals surface area contributed by atoms with Crippen LogP contribution in [-0.4, -0.2) is 88.6 Å². The maximum atomic E-state index is 14.5. The van der Waals surface area contributed by atoms with Crippen LogP contribution in [-0.2, 0) is 69.0 Å². The number of ether oxygens (including phenoxy) is 6. The number of hydrogen-bond donors (Lipinski definition) is 3. The number of aliphatic hydroxyl groups excluding tert-OH is 1. The molecule has 4 fully saturated rings. The Hall–Kier alpha value is -6.36. The fourth-order valence-electron chi connectivity index (χ4n) is 9.66. The summed E-state index contributed by atoms with van der Waals surface area (Å²) >= 11 is 6.20. The zero-order chi connectivity index (χ0) is 60.9. The Morgan fingerprint density at radius 3 is 1.62 bits per heavy atom. The van der Waals surface area contributed by atoms with Crippen molar-refractivity contribution in [2.45, 2.75) is 75.4 Å². The summed E-state index contributed by atoms with van der Waals surface area (Å²) in [6.07, 6.45) is 16.0. The molecule has 4 N–H and O–H groups in total. The predicted molar refractivity (Wildman–Crippen MR) is 334 cm³/mol. The van der Waals surface area contributed by atoms with Crippen LogP contribution in [0.5, 0.6) is 0 Å². The van der Waals surface area contributed by atoms with E-state index in [2.05, 4.69) is 108 Å². The summed E-state index contributed by atoms with van der Waals surface area (Å²) in [5.74, 6) is 17.9. The first-order chi connectivity index (χ1) is 41.3. The van der Waals surface area contributed by atoms with E-state index in [1.807, 2.05) is 78.9 Å². The minimum Gasteiger partial charge on any atom is -0.396 e. The van der Waals surface area contributed by atoms with Crippen molar-refractivity contribution in [3.05, 3.63) is 175 Å². The molecule has 0 aliphatic carbocycles. The van der Waals surface area contributed by atoms with Gasteiger partial charge in [0.15, 0.2) is 0 Å². The van der Waals surface area contributed by atoms with Crippen molar-refractivity contribution < 1.29 is 60.8 Å². The van der Waals surface area contributed by atoms with E-state index in [-0.39, 0.29) is 68.5 Å². The first-order valence-corrected chi connectivity index (χ1v) is 28.6. The first-order valence-electron chi connectivity index (χ1n) is 27.0. The molecule has 0 radical (unpaired) electrons. The summed E-state index contributed by atoms with van der Waals surface area (Å²) in [5, 5.41) is 13.8. The zero-order valence-corrected chi connectivity index (χ0v) is 52.1. The van der Waals surface area contributed by atoms with Gasteiger partial charge < -0.3 is 48.9 Å². The molecule has 9 atom stereocenters. The number of halogens is 6. The summed E-state index contributed by atoms with van der Waals surface area (Å²) in [5.41, 5.74) is 12.2. The monoisotopic (exact) mass is 1320 g/mol. The number of rotatable bonds is 15. The predicted octanol–water partition coefficient (Wildman–Crippen LogP) is 10.5. The van der Waals surface area contributed by atoms with Crippen LogP contribution in [0.15, 0.2) is 129 Å². The highest BCUT2D eigenvalue weighted by molar-refractivity contribution is 9.10. The lowest BCUT2D eigenvalue weighted by molar-refractivity contribution is -0.106. The van der Waals surface area contributed by atoms with Gasteiger partial charge in [-0.2, -0.15) is 15.4 Å². The van der Waals surface area contributed by atoms with E-state index in [9.17, 15) is 22.7 Å². The molecule has 19 heteroatoms. The molecule has 5 aromatic rings. The number of terminal acetylenes is 3. The second-order valence-corrected chi connectivity index (χ2v) is 21.6. The Kier molecular flexibility index (Phi) is 30.6. The van der Waals surface area contributed by atoms with Crippen LogP contribution in [0.2, 0.25) is 0 Å². The number of hydrogen-bond acceptors (Lipinski definition) is 12. The van der Waals surface area contributed by atoms with Gasteiger partial charge >= 0.3 is 0 Å². The van der Waals surface area contributed by atoms with Crippen LogP contribution in [0.25, 0.3) is 0 Å². The maximum absolute atomic E-state index is 14.5. The number of benzene rings is 5. The molecule has 0 aromatic heterocycles. The summed E-state index contributed by atoms with van der Waals surface area (Å²) < 4.78 is 91.0. The molecule has 5 aliphatic rings. The molecule has 0 bridgehead atoms. The average Bonchev–Trinajstić information content (AvgIpc) is 1.81. The standard InChI is InChI=1S/C20H20BrF2NO3.C20H22BrF2NO3.C14H17NO3.C7H4.C6H2.H3P/c21-17-7-16(18(22)8-19(17)23)20-12-26-15(6-14(20)10-27-24-20)11-25-9-13-4-2-1-3-5-13;21-17-7-16(18(22)8-19(17)23)20(24)12-27-15(6-14(20)9-25)11-26-10-13-4-2-1-3-5-13;1-2-4-11(5-3-1)7-16-9-13-6-12-8-18-15-14(12)10-17-13;1-3-5-7-6-4-2;1-3-5-6-4-2;/h1-5,7-8,14-15,24H,6,9-12H2;1-5,7-8,14-15,25H,6,9-12,24H2;1-5,12-13H,6-10H2;1H,2H3;1-2H;1H3/t2*14-,15+,20-;12-,13+;;;/m000.../s1. The molecular formula is C67H68Br2F4N3O9P. The van der Waals surface area contributed by atoms with Crippen molar-refractivity contribution in [1.29, 1.82) is 0 Å². The van der Waals surface area contributed by atoms with E-state index in [1.54, 1.807) is 6.92 Å². The third-order valence-corrected chi connectivity index (χ3v) is 15.3. The quantitative estimate of drug-likeness (QED) is 0.0399. The SMILES string of the molecule is C#CC#CC#C.C#CC#CC#CC.Fc1cc(F)c([C@]23CO[C@@H](COCc4ccccc4)C[C@H]2CON3)cc1Br.N[C@@]1(c2cc(Br)c(F)cc2F)CO[C@@H](COCc2ccccc2)C[C@H]1CO.P.c1ccc(COC[C@H]2C[C@H]3CON=C3CO2)cc1. The van der Waals surface area contributed by atoms with Gasteiger partial charge in [0.25, 0.3) is 0 Å². The molecule has 5 aromatic carbocycles. The van der Waals surface area contributed by atoms with Gasteiger partial charge in [-0.25, -0.2) is 17.6 Å². The van der Waals surface area contributed by atoms with Crippen molar-refractivity contribution in [2.24, 2.45) is 28.6 Å². The molecule has 5 heterocycles. The van der Waals surface area contributed by atoms with Gasteiger partial charge in [-0.3, -0.25) is 0 Å². The van der Waals surface area contributed by atoms with Gasteiger partial charge in [0.1, 0.15) is 29.9 Å². The molecule has 452 valence electrons. The smallest absolute Gasteiger partial charge is 0.140 e. The van der Waals surface area contributed by atoms with Gasteiger partial charge in [0.2, 0.25) is 0 Å². The van der Waals surface area contributed by atoms with E-state index >= 15 is 0 Å². The van der Waals surface area contributed by atoms with Crippen molar-refractivity contribution >= 4 is 47.5 Å². The minimum atomic E-state index is -1.25. The number of nitrogens with one attached hydrogen (secondary N) is 1. The molecule has 0 spiro atoms. The van der Waals surface area contributed by atoms with Gasteiger partial charge in [-0.15, -0.1) is 19.3 Å². The van der Waals surface area contributed by atoms with Crippen LogP contribution < -0.4 is 11.2 Å². The first kappa shape index (κ1) is 70.4. The summed E-state index contributed by atoms with van der Waals surface area (Å²) in [7, 11) is 0. The van der Waals surface area contributed by atoms with Crippen molar-refractivity contribution in [2.75, 3.05) is 59.5 Å². The fraction of sp³-hybridized carbons (Fsp3) is 0.358. The third-order valence-electron chi connectivity index (χ3n) is 14.1. The van der Waals surface area contributed by atoms with Crippen LogP contribution in [0.3, 0.4) is 0 Å². The Labute approximate surface area is 522 Å². The average molecular weight is 1330 g/mol. The van der Waals surface area contributed by atoms with E-state index in [1.165, 1.54) is 17.7 Å².